The standard InChI is InChI=1S/C13H13F2N3O2S/c1-8-6-11(18-20-8)17-12(19)7-16-9-4-2-3-5-10(9)21-13(14)15/h2-6,13,16H,7H2,1H3,(H,17,18,19). The Morgan fingerprint density at radius 1 is 1.43 bits per heavy atom. The fourth-order valence-corrected chi connectivity index (χ4v) is 2.22. The Bertz CT molecular complexity index is 619. The van der Waals surface area contributed by atoms with E-state index in [4.69, 9.17) is 4.52 Å². The average Bonchev–Trinajstić information content (AvgIpc) is 2.82. The highest BCUT2D eigenvalue weighted by Gasteiger charge is 2.11. The first-order valence-electron chi connectivity index (χ1n) is 6.05. The molecule has 1 aromatic heterocycles. The molecular weight excluding hydrogens is 300 g/mol. The number of nitrogens with zero attached hydrogens (tertiary/aromatic N) is 1. The summed E-state index contributed by atoms with van der Waals surface area (Å²) in [6.45, 7) is 1.64. The topological polar surface area (TPSA) is 67.2 Å². The molecule has 0 bridgehead atoms. The molecule has 0 aliphatic carbocycles. The number of carbonyl (C=O) groups excluding carboxylic acids is 1. The van der Waals surface area contributed by atoms with Gasteiger partial charge in [0.05, 0.1) is 6.54 Å². The highest BCUT2D eigenvalue weighted by atomic mass is 32.2. The third kappa shape index (κ3) is 4.75. The zero-order chi connectivity index (χ0) is 15.2. The summed E-state index contributed by atoms with van der Waals surface area (Å²) in [5.74, 6) is -1.97. The van der Waals surface area contributed by atoms with Crippen LogP contribution in [0.2, 0.25) is 0 Å². The van der Waals surface area contributed by atoms with Crippen LogP contribution in [0.1, 0.15) is 5.76 Å². The molecule has 0 spiro atoms. The minimum Gasteiger partial charge on any atom is -0.375 e. The second-order valence-electron chi connectivity index (χ2n) is 4.10. The number of aromatic nitrogens is 1. The Hall–Kier alpha value is -2.09. The van der Waals surface area contributed by atoms with Gasteiger partial charge in [-0.15, -0.1) is 0 Å². The van der Waals surface area contributed by atoms with Gasteiger partial charge in [-0.3, -0.25) is 4.79 Å². The van der Waals surface area contributed by atoms with E-state index in [2.05, 4.69) is 15.8 Å². The van der Waals surface area contributed by atoms with E-state index < -0.39 is 5.76 Å². The van der Waals surface area contributed by atoms with E-state index in [0.717, 1.165) is 0 Å². The lowest BCUT2D eigenvalue weighted by Crippen LogP contribution is -2.22. The quantitative estimate of drug-likeness (QED) is 0.801. The van der Waals surface area contributed by atoms with Gasteiger partial charge in [0, 0.05) is 16.6 Å². The van der Waals surface area contributed by atoms with Gasteiger partial charge >= 0.3 is 0 Å². The number of para-hydroxylation sites is 1. The van der Waals surface area contributed by atoms with E-state index in [1.54, 1.807) is 37.3 Å². The van der Waals surface area contributed by atoms with Crippen LogP contribution in [0.3, 0.4) is 0 Å². The summed E-state index contributed by atoms with van der Waals surface area (Å²) in [6.07, 6.45) is 0. The molecule has 1 amide bonds. The van der Waals surface area contributed by atoms with Crippen molar-refractivity contribution in [2.24, 2.45) is 0 Å². The third-order valence-electron chi connectivity index (χ3n) is 2.44. The maximum absolute atomic E-state index is 12.4. The number of alkyl halides is 2. The lowest BCUT2D eigenvalue weighted by atomic mass is 10.3. The van der Waals surface area contributed by atoms with Gasteiger partial charge in [0.1, 0.15) is 5.76 Å². The van der Waals surface area contributed by atoms with Crippen LogP contribution in [0.25, 0.3) is 0 Å². The van der Waals surface area contributed by atoms with Gasteiger partial charge in [-0.05, 0) is 19.1 Å². The maximum atomic E-state index is 12.4. The lowest BCUT2D eigenvalue weighted by Gasteiger charge is -2.10. The van der Waals surface area contributed by atoms with E-state index in [1.807, 2.05) is 0 Å². The van der Waals surface area contributed by atoms with Crippen molar-refractivity contribution in [1.29, 1.82) is 0 Å². The predicted molar refractivity (Wildman–Crippen MR) is 76.7 cm³/mol. The summed E-state index contributed by atoms with van der Waals surface area (Å²) in [6, 6.07) is 8.15. The maximum Gasteiger partial charge on any atom is 0.288 e. The number of rotatable bonds is 6. The van der Waals surface area contributed by atoms with Crippen LogP contribution >= 0.6 is 11.8 Å². The molecule has 2 N–H and O–H groups in total. The average molecular weight is 313 g/mol. The van der Waals surface area contributed by atoms with E-state index in [1.165, 1.54) is 0 Å². The number of amides is 1. The second kappa shape index (κ2) is 7.07. The van der Waals surface area contributed by atoms with Crippen LogP contribution in [-0.4, -0.2) is 23.4 Å². The van der Waals surface area contributed by atoms with Crippen LogP contribution in [0.15, 0.2) is 39.8 Å². The Kier molecular flexibility index (Phi) is 5.15. The molecule has 0 fully saturated rings. The van der Waals surface area contributed by atoms with Crippen molar-refractivity contribution in [3.05, 3.63) is 36.1 Å². The van der Waals surface area contributed by atoms with Gasteiger partial charge < -0.3 is 15.2 Å². The van der Waals surface area contributed by atoms with Gasteiger partial charge in [0.25, 0.3) is 5.76 Å². The molecule has 1 aromatic carbocycles. The summed E-state index contributed by atoms with van der Waals surface area (Å²) in [4.78, 5) is 12.1. The monoisotopic (exact) mass is 313 g/mol. The molecule has 0 saturated carbocycles. The molecule has 112 valence electrons. The highest BCUT2D eigenvalue weighted by molar-refractivity contribution is 7.99. The summed E-state index contributed by atoms with van der Waals surface area (Å²) < 4.78 is 29.7. The summed E-state index contributed by atoms with van der Waals surface area (Å²) in [5.41, 5.74) is 0.481. The molecule has 8 heteroatoms. The molecule has 0 aliphatic heterocycles. The number of hydrogen-bond donors (Lipinski definition) is 2. The zero-order valence-corrected chi connectivity index (χ0v) is 11.9. The Morgan fingerprint density at radius 2 is 2.19 bits per heavy atom. The van der Waals surface area contributed by atoms with Crippen LogP contribution in [0.5, 0.6) is 0 Å². The van der Waals surface area contributed by atoms with E-state index in [9.17, 15) is 13.6 Å². The molecule has 1 heterocycles. The second-order valence-corrected chi connectivity index (χ2v) is 5.13. The van der Waals surface area contributed by atoms with E-state index in [-0.39, 0.29) is 12.5 Å². The normalized spacial score (nSPS) is 10.7. The smallest absolute Gasteiger partial charge is 0.288 e. The molecule has 5 nitrogen and oxygen atoms in total. The van der Waals surface area contributed by atoms with Crippen molar-refractivity contribution in [1.82, 2.24) is 5.16 Å². The van der Waals surface area contributed by atoms with Gasteiger partial charge in [-0.25, -0.2) is 0 Å². The number of anilines is 2. The summed E-state index contributed by atoms with van der Waals surface area (Å²) >= 11 is 0.429. The first-order valence-corrected chi connectivity index (χ1v) is 6.93. The summed E-state index contributed by atoms with van der Waals surface area (Å²) in [5, 5.41) is 8.98. The van der Waals surface area contributed by atoms with Crippen molar-refractivity contribution in [2.75, 3.05) is 17.2 Å². The van der Waals surface area contributed by atoms with Crippen LogP contribution < -0.4 is 10.6 Å². The number of hydrogen-bond acceptors (Lipinski definition) is 5. The van der Waals surface area contributed by atoms with Crippen molar-refractivity contribution >= 4 is 29.2 Å². The lowest BCUT2D eigenvalue weighted by molar-refractivity contribution is -0.114. The number of benzene rings is 1. The Morgan fingerprint density at radius 3 is 2.86 bits per heavy atom. The minimum absolute atomic E-state index is 0.0628. The highest BCUT2D eigenvalue weighted by Crippen LogP contribution is 2.31. The fourth-order valence-electron chi connectivity index (χ4n) is 1.60. The molecular formula is C13H13F2N3O2S. The minimum atomic E-state index is -2.51. The first-order chi connectivity index (χ1) is 10.0. The zero-order valence-electron chi connectivity index (χ0n) is 11.1. The number of aryl methyl sites for hydroxylation is 1. The van der Waals surface area contributed by atoms with Crippen LogP contribution in [0, 0.1) is 6.92 Å². The Balaban J connectivity index is 1.92. The van der Waals surface area contributed by atoms with Gasteiger partial charge in [0.2, 0.25) is 5.91 Å². The predicted octanol–water partition coefficient (Wildman–Crippen LogP) is 3.35. The molecule has 0 atom stereocenters. The molecule has 2 rings (SSSR count). The fraction of sp³-hybridized carbons (Fsp3) is 0.231. The first kappa shape index (κ1) is 15.3. The number of thioether (sulfide) groups is 1. The van der Waals surface area contributed by atoms with E-state index >= 15 is 0 Å². The molecule has 0 unspecified atom stereocenters. The van der Waals surface area contributed by atoms with Gasteiger partial charge in [-0.1, -0.05) is 29.1 Å². The largest absolute Gasteiger partial charge is 0.375 e. The van der Waals surface area contributed by atoms with Gasteiger partial charge in [-0.2, -0.15) is 8.78 Å². The molecule has 0 radical (unpaired) electrons. The molecule has 0 aliphatic rings. The van der Waals surface area contributed by atoms with Crippen molar-refractivity contribution in [3.63, 3.8) is 0 Å². The van der Waals surface area contributed by atoms with Gasteiger partial charge in [0.15, 0.2) is 5.82 Å². The third-order valence-corrected chi connectivity index (χ3v) is 3.23. The SMILES string of the molecule is Cc1cc(NC(=O)CNc2ccccc2SC(F)F)no1. The van der Waals surface area contributed by atoms with Crippen LogP contribution in [0.4, 0.5) is 20.3 Å². The van der Waals surface area contributed by atoms with Crippen molar-refractivity contribution in [3.8, 4) is 0 Å². The Labute approximate surface area is 124 Å². The van der Waals surface area contributed by atoms with Crippen molar-refractivity contribution in [2.45, 2.75) is 17.6 Å². The van der Waals surface area contributed by atoms with Crippen LogP contribution in [-0.2, 0) is 4.79 Å². The number of halogens is 2. The molecule has 21 heavy (non-hydrogen) atoms. The molecule has 0 saturated heterocycles. The number of carbonyl (C=O) groups is 1. The number of nitrogens with one attached hydrogen (secondary N) is 2. The van der Waals surface area contributed by atoms with E-state index in [0.29, 0.717) is 33.9 Å². The molecule has 2 aromatic rings. The summed E-state index contributed by atoms with van der Waals surface area (Å²) in [7, 11) is 0. The van der Waals surface area contributed by atoms with Crippen molar-refractivity contribution < 1.29 is 18.1 Å².